The maximum Gasteiger partial charge on any atom is 0.124 e. The van der Waals surface area contributed by atoms with E-state index in [0.29, 0.717) is 13.2 Å². The summed E-state index contributed by atoms with van der Waals surface area (Å²) in [6.45, 7) is 4.04. The quantitative estimate of drug-likeness (QED) is 0.573. The van der Waals surface area contributed by atoms with Gasteiger partial charge in [0.1, 0.15) is 5.75 Å². The third-order valence-electron chi connectivity index (χ3n) is 2.34. The van der Waals surface area contributed by atoms with Crippen LogP contribution in [0.4, 0.5) is 0 Å². The van der Waals surface area contributed by atoms with E-state index in [1.807, 2.05) is 12.1 Å². The van der Waals surface area contributed by atoms with E-state index in [9.17, 15) is 0 Å². The zero-order chi connectivity index (χ0) is 12.5. The Morgan fingerprint density at radius 1 is 1.29 bits per heavy atom. The van der Waals surface area contributed by atoms with Crippen LogP contribution in [0.2, 0.25) is 0 Å². The van der Waals surface area contributed by atoms with Gasteiger partial charge in [0.05, 0.1) is 6.61 Å². The smallest absolute Gasteiger partial charge is 0.124 e. The summed E-state index contributed by atoms with van der Waals surface area (Å²) >= 11 is 1.80. The van der Waals surface area contributed by atoms with E-state index < -0.39 is 0 Å². The van der Waals surface area contributed by atoms with Gasteiger partial charge in [-0.15, -0.1) is 11.8 Å². The number of ether oxygens (including phenoxy) is 2. The zero-order valence-electron chi connectivity index (χ0n) is 10.6. The molecular formula is C13H21NO2S. The lowest BCUT2D eigenvalue weighted by atomic mass is 10.2. The van der Waals surface area contributed by atoms with Gasteiger partial charge in [0.25, 0.3) is 0 Å². The predicted molar refractivity (Wildman–Crippen MR) is 72.7 cm³/mol. The molecule has 0 heterocycles. The Morgan fingerprint density at radius 3 is 2.76 bits per heavy atom. The minimum Gasteiger partial charge on any atom is -0.493 e. The first-order valence-electron chi connectivity index (χ1n) is 5.90. The highest BCUT2D eigenvalue weighted by Gasteiger charge is 2.07. The topological polar surface area (TPSA) is 44.5 Å². The Morgan fingerprint density at radius 2 is 2.12 bits per heavy atom. The number of rotatable bonds is 8. The van der Waals surface area contributed by atoms with Crippen LogP contribution in [0.1, 0.15) is 18.9 Å². The molecule has 0 spiro atoms. The summed E-state index contributed by atoms with van der Waals surface area (Å²) in [6, 6.07) is 6.09. The number of benzene rings is 1. The van der Waals surface area contributed by atoms with Crippen LogP contribution in [-0.2, 0) is 11.3 Å². The van der Waals surface area contributed by atoms with Crippen LogP contribution in [0.3, 0.4) is 0 Å². The van der Waals surface area contributed by atoms with Gasteiger partial charge in [0.15, 0.2) is 0 Å². The summed E-state index contributed by atoms with van der Waals surface area (Å²) < 4.78 is 10.7. The molecular weight excluding hydrogens is 234 g/mol. The molecule has 1 aromatic rings. The lowest BCUT2D eigenvalue weighted by Gasteiger charge is -2.13. The first-order chi connectivity index (χ1) is 8.33. The third-order valence-corrected chi connectivity index (χ3v) is 3.33. The highest BCUT2D eigenvalue weighted by Crippen LogP contribution is 2.29. The van der Waals surface area contributed by atoms with Crippen molar-refractivity contribution in [3.05, 3.63) is 23.8 Å². The van der Waals surface area contributed by atoms with Gasteiger partial charge in [-0.1, -0.05) is 13.0 Å². The molecule has 3 nitrogen and oxygen atoms in total. The molecule has 0 aliphatic heterocycles. The second-order valence-electron chi connectivity index (χ2n) is 3.56. The van der Waals surface area contributed by atoms with E-state index in [4.69, 9.17) is 15.2 Å². The summed E-state index contributed by atoms with van der Waals surface area (Å²) in [5.74, 6) is 1.95. The molecule has 0 fully saturated rings. The van der Waals surface area contributed by atoms with Crippen LogP contribution in [0.5, 0.6) is 5.75 Å². The summed E-state index contributed by atoms with van der Waals surface area (Å²) in [6.07, 6.45) is 0.895. The Bertz CT molecular complexity index is 331. The van der Waals surface area contributed by atoms with Crippen LogP contribution in [-0.4, -0.2) is 26.1 Å². The van der Waals surface area contributed by atoms with E-state index in [2.05, 4.69) is 13.0 Å². The molecule has 0 saturated carbocycles. The first-order valence-corrected chi connectivity index (χ1v) is 6.88. The normalized spacial score (nSPS) is 10.5. The maximum atomic E-state index is 5.79. The number of hydrogen-bond donors (Lipinski definition) is 1. The van der Waals surface area contributed by atoms with Crippen LogP contribution < -0.4 is 10.5 Å². The van der Waals surface area contributed by atoms with Crippen LogP contribution in [0.25, 0.3) is 0 Å². The first kappa shape index (κ1) is 14.4. The summed E-state index contributed by atoms with van der Waals surface area (Å²) in [5.41, 5.74) is 6.90. The molecule has 0 unspecified atom stereocenters. The van der Waals surface area contributed by atoms with E-state index in [-0.39, 0.29) is 0 Å². The number of hydrogen-bond acceptors (Lipinski definition) is 4. The lowest BCUT2D eigenvalue weighted by Crippen LogP contribution is -2.06. The molecule has 2 N–H and O–H groups in total. The Labute approximate surface area is 108 Å². The fraction of sp³-hybridized carbons (Fsp3) is 0.538. The van der Waals surface area contributed by atoms with Gasteiger partial charge < -0.3 is 15.2 Å². The van der Waals surface area contributed by atoms with Gasteiger partial charge in [0.2, 0.25) is 0 Å². The fourth-order valence-electron chi connectivity index (χ4n) is 1.56. The Kier molecular flexibility index (Phi) is 7.08. The summed E-state index contributed by atoms with van der Waals surface area (Å²) in [4.78, 5) is 1.22. The zero-order valence-corrected chi connectivity index (χ0v) is 11.4. The van der Waals surface area contributed by atoms with Crippen LogP contribution >= 0.6 is 11.8 Å². The average Bonchev–Trinajstić information content (AvgIpc) is 2.35. The minimum atomic E-state index is 0.517. The van der Waals surface area contributed by atoms with Gasteiger partial charge in [0, 0.05) is 37.1 Å². The molecule has 1 rings (SSSR count). The van der Waals surface area contributed by atoms with Gasteiger partial charge in [-0.25, -0.2) is 0 Å². The van der Waals surface area contributed by atoms with Crippen LogP contribution in [0.15, 0.2) is 23.1 Å². The molecule has 0 saturated heterocycles. The molecule has 96 valence electrons. The number of methoxy groups -OCH3 is 1. The molecule has 4 heteroatoms. The summed E-state index contributed by atoms with van der Waals surface area (Å²) in [5, 5.41) is 0. The van der Waals surface area contributed by atoms with Crippen LogP contribution in [0, 0.1) is 0 Å². The van der Waals surface area contributed by atoms with Gasteiger partial charge in [-0.3, -0.25) is 0 Å². The standard InChI is InChI=1S/C13H21NO2S/c1-3-17-13-7-4-6-12(11(13)10-14)16-9-5-8-15-2/h4,6-7H,3,5,8-10,14H2,1-2H3. The van der Waals surface area contributed by atoms with Crippen molar-refractivity contribution in [2.24, 2.45) is 5.73 Å². The van der Waals surface area contributed by atoms with Gasteiger partial charge in [-0.05, 0) is 17.9 Å². The maximum absolute atomic E-state index is 5.79. The third kappa shape index (κ3) is 4.58. The van der Waals surface area contributed by atoms with Crippen molar-refractivity contribution < 1.29 is 9.47 Å². The largest absolute Gasteiger partial charge is 0.493 e. The Hall–Kier alpha value is -0.710. The van der Waals surface area contributed by atoms with Crippen molar-refractivity contribution in [1.29, 1.82) is 0 Å². The number of nitrogens with two attached hydrogens (primary N) is 1. The molecule has 0 radical (unpaired) electrons. The minimum absolute atomic E-state index is 0.517. The molecule has 0 atom stereocenters. The predicted octanol–water partition coefficient (Wildman–Crippen LogP) is 2.67. The monoisotopic (exact) mass is 255 g/mol. The fourth-order valence-corrected chi connectivity index (χ4v) is 2.40. The highest BCUT2D eigenvalue weighted by molar-refractivity contribution is 7.99. The second kappa shape index (κ2) is 8.39. The van der Waals surface area contributed by atoms with Crippen molar-refractivity contribution >= 4 is 11.8 Å². The molecule has 0 aliphatic carbocycles. The molecule has 0 aliphatic rings. The molecule has 0 amide bonds. The Balaban J connectivity index is 2.66. The van der Waals surface area contributed by atoms with E-state index >= 15 is 0 Å². The molecule has 0 bridgehead atoms. The van der Waals surface area contributed by atoms with E-state index in [1.54, 1.807) is 18.9 Å². The van der Waals surface area contributed by atoms with Gasteiger partial charge in [-0.2, -0.15) is 0 Å². The van der Waals surface area contributed by atoms with Gasteiger partial charge >= 0.3 is 0 Å². The molecule has 1 aromatic carbocycles. The van der Waals surface area contributed by atoms with Crippen molar-refractivity contribution in [3.63, 3.8) is 0 Å². The SMILES string of the molecule is CCSc1cccc(OCCCOC)c1CN. The molecule has 0 aromatic heterocycles. The van der Waals surface area contributed by atoms with Crippen molar-refractivity contribution in [1.82, 2.24) is 0 Å². The lowest BCUT2D eigenvalue weighted by molar-refractivity contribution is 0.171. The highest BCUT2D eigenvalue weighted by atomic mass is 32.2. The second-order valence-corrected chi connectivity index (χ2v) is 4.87. The van der Waals surface area contributed by atoms with E-state index in [0.717, 1.165) is 30.1 Å². The van der Waals surface area contributed by atoms with Crippen molar-refractivity contribution in [2.75, 3.05) is 26.1 Å². The van der Waals surface area contributed by atoms with Crippen molar-refractivity contribution in [2.45, 2.75) is 24.8 Å². The molecule has 17 heavy (non-hydrogen) atoms. The average molecular weight is 255 g/mol. The van der Waals surface area contributed by atoms with Crippen molar-refractivity contribution in [3.8, 4) is 5.75 Å². The number of thioether (sulfide) groups is 1. The van der Waals surface area contributed by atoms with E-state index in [1.165, 1.54) is 4.90 Å². The summed E-state index contributed by atoms with van der Waals surface area (Å²) in [7, 11) is 1.70.